The van der Waals surface area contributed by atoms with E-state index in [9.17, 15) is 4.39 Å². The second-order valence-corrected chi connectivity index (χ2v) is 4.59. The zero-order valence-corrected chi connectivity index (χ0v) is 11.4. The van der Waals surface area contributed by atoms with Gasteiger partial charge in [0, 0.05) is 22.8 Å². The molecule has 0 aliphatic rings. The molecule has 1 aromatic carbocycles. The van der Waals surface area contributed by atoms with Crippen molar-refractivity contribution < 1.29 is 9.13 Å². The molecular weight excluding hydrogens is 299 g/mol. The van der Waals surface area contributed by atoms with Gasteiger partial charge in [0.25, 0.3) is 0 Å². The van der Waals surface area contributed by atoms with Crippen molar-refractivity contribution in [2.24, 2.45) is 0 Å². The van der Waals surface area contributed by atoms with E-state index in [4.69, 9.17) is 4.74 Å². The van der Waals surface area contributed by atoms with E-state index >= 15 is 0 Å². The third-order valence-corrected chi connectivity index (χ3v) is 2.81. The van der Waals surface area contributed by atoms with Crippen LogP contribution in [0.15, 0.2) is 41.0 Å². The number of hydrogen-bond donors (Lipinski definition) is 1. The van der Waals surface area contributed by atoms with Crippen molar-refractivity contribution in [3.05, 3.63) is 52.4 Å². The SMILES string of the molecule is CNCc1cccnc1Oc1ccc(Br)cc1F. The lowest BCUT2D eigenvalue weighted by Crippen LogP contribution is -2.07. The van der Waals surface area contributed by atoms with Gasteiger partial charge >= 0.3 is 0 Å². The number of rotatable bonds is 4. The molecule has 0 radical (unpaired) electrons. The fourth-order valence-corrected chi connectivity index (χ4v) is 1.84. The summed E-state index contributed by atoms with van der Waals surface area (Å²) in [5.41, 5.74) is 0.877. The van der Waals surface area contributed by atoms with E-state index in [1.54, 1.807) is 18.3 Å². The van der Waals surface area contributed by atoms with Gasteiger partial charge in [0.15, 0.2) is 11.6 Å². The van der Waals surface area contributed by atoms with Gasteiger partial charge in [0.05, 0.1) is 0 Å². The van der Waals surface area contributed by atoms with Gasteiger partial charge in [-0.1, -0.05) is 22.0 Å². The number of ether oxygens (including phenoxy) is 1. The van der Waals surface area contributed by atoms with Gasteiger partial charge in [-0.15, -0.1) is 0 Å². The standard InChI is InChI=1S/C13H12BrFN2O/c1-16-8-9-3-2-6-17-13(9)18-12-5-4-10(14)7-11(12)15/h2-7,16H,8H2,1H3. The molecule has 5 heteroatoms. The summed E-state index contributed by atoms with van der Waals surface area (Å²) in [6.45, 7) is 0.612. The van der Waals surface area contributed by atoms with Gasteiger partial charge < -0.3 is 10.1 Å². The van der Waals surface area contributed by atoms with Crippen molar-refractivity contribution in [2.75, 3.05) is 7.05 Å². The molecule has 94 valence electrons. The highest BCUT2D eigenvalue weighted by Crippen LogP contribution is 2.27. The number of aromatic nitrogens is 1. The maximum atomic E-state index is 13.7. The summed E-state index contributed by atoms with van der Waals surface area (Å²) in [6, 6.07) is 8.35. The smallest absolute Gasteiger partial charge is 0.223 e. The molecule has 1 N–H and O–H groups in total. The van der Waals surface area contributed by atoms with Crippen molar-refractivity contribution in [3.63, 3.8) is 0 Å². The predicted octanol–water partition coefficient (Wildman–Crippen LogP) is 3.49. The highest BCUT2D eigenvalue weighted by Gasteiger charge is 2.09. The summed E-state index contributed by atoms with van der Waals surface area (Å²) in [5, 5.41) is 3.01. The zero-order valence-electron chi connectivity index (χ0n) is 9.78. The van der Waals surface area contributed by atoms with Crippen molar-refractivity contribution in [1.82, 2.24) is 10.3 Å². The van der Waals surface area contributed by atoms with Crippen molar-refractivity contribution in [1.29, 1.82) is 0 Å². The van der Waals surface area contributed by atoms with E-state index in [0.717, 1.165) is 5.56 Å². The van der Waals surface area contributed by atoms with Crippen molar-refractivity contribution in [2.45, 2.75) is 6.54 Å². The van der Waals surface area contributed by atoms with Crippen LogP contribution in [0.25, 0.3) is 0 Å². The number of nitrogens with zero attached hydrogens (tertiary/aromatic N) is 1. The van der Waals surface area contributed by atoms with Crippen LogP contribution < -0.4 is 10.1 Å². The molecular formula is C13H12BrFN2O. The summed E-state index contributed by atoms with van der Waals surface area (Å²) in [4.78, 5) is 4.12. The summed E-state index contributed by atoms with van der Waals surface area (Å²) in [5.74, 6) is 0.146. The molecule has 0 aliphatic heterocycles. The fraction of sp³-hybridized carbons (Fsp3) is 0.154. The molecule has 0 unspecified atom stereocenters. The van der Waals surface area contributed by atoms with Gasteiger partial charge in [-0.05, 0) is 31.3 Å². The topological polar surface area (TPSA) is 34.2 Å². The fourth-order valence-electron chi connectivity index (χ4n) is 1.50. The quantitative estimate of drug-likeness (QED) is 0.938. The molecule has 3 nitrogen and oxygen atoms in total. The first-order chi connectivity index (χ1) is 8.70. The largest absolute Gasteiger partial charge is 0.436 e. The lowest BCUT2D eigenvalue weighted by atomic mass is 10.2. The minimum Gasteiger partial charge on any atom is -0.436 e. The number of pyridine rings is 1. The van der Waals surface area contributed by atoms with Gasteiger partial charge in [-0.2, -0.15) is 0 Å². The number of hydrogen-bond acceptors (Lipinski definition) is 3. The number of nitrogens with one attached hydrogen (secondary N) is 1. The third kappa shape index (κ3) is 3.05. The van der Waals surface area contributed by atoms with Crippen molar-refractivity contribution >= 4 is 15.9 Å². The lowest BCUT2D eigenvalue weighted by Gasteiger charge is -2.10. The maximum Gasteiger partial charge on any atom is 0.223 e. The molecule has 0 aliphatic carbocycles. The predicted molar refractivity (Wildman–Crippen MR) is 71.2 cm³/mol. The Bertz CT molecular complexity index is 548. The molecule has 0 fully saturated rings. The van der Waals surface area contributed by atoms with E-state index in [0.29, 0.717) is 16.9 Å². The Morgan fingerprint density at radius 1 is 1.39 bits per heavy atom. The second-order valence-electron chi connectivity index (χ2n) is 3.67. The normalized spacial score (nSPS) is 10.4. The van der Waals surface area contributed by atoms with Crippen LogP contribution in [0.1, 0.15) is 5.56 Å². The van der Waals surface area contributed by atoms with Crippen LogP contribution in [-0.2, 0) is 6.54 Å². The highest BCUT2D eigenvalue weighted by molar-refractivity contribution is 9.10. The van der Waals surface area contributed by atoms with Crippen LogP contribution >= 0.6 is 15.9 Å². The first-order valence-electron chi connectivity index (χ1n) is 5.42. The van der Waals surface area contributed by atoms with Crippen molar-refractivity contribution in [3.8, 4) is 11.6 Å². The monoisotopic (exact) mass is 310 g/mol. The minimum absolute atomic E-state index is 0.161. The Hall–Kier alpha value is -1.46. The summed E-state index contributed by atoms with van der Waals surface area (Å²) < 4.78 is 19.8. The Labute approximate surface area is 113 Å². The van der Waals surface area contributed by atoms with Gasteiger partial charge in [0.2, 0.25) is 5.88 Å². The van der Waals surface area contributed by atoms with Crippen LogP contribution in [0.3, 0.4) is 0 Å². The summed E-state index contributed by atoms with van der Waals surface area (Å²) in [7, 11) is 1.83. The van der Waals surface area contributed by atoms with Gasteiger partial charge in [-0.25, -0.2) is 9.37 Å². The number of benzene rings is 1. The first kappa shape index (κ1) is 13.0. The Morgan fingerprint density at radius 3 is 2.94 bits per heavy atom. The average Bonchev–Trinajstić information content (AvgIpc) is 2.35. The first-order valence-corrected chi connectivity index (χ1v) is 6.21. The molecule has 0 bridgehead atoms. The molecule has 18 heavy (non-hydrogen) atoms. The van der Waals surface area contributed by atoms with E-state index in [1.807, 2.05) is 19.2 Å². The molecule has 2 rings (SSSR count). The second kappa shape index (κ2) is 5.93. The van der Waals surface area contributed by atoms with Crippen LogP contribution in [0.5, 0.6) is 11.6 Å². The average molecular weight is 311 g/mol. The van der Waals surface area contributed by atoms with Crippen LogP contribution in [-0.4, -0.2) is 12.0 Å². The molecule has 0 spiro atoms. The van der Waals surface area contributed by atoms with E-state index in [2.05, 4.69) is 26.2 Å². The molecule has 0 saturated carbocycles. The van der Waals surface area contributed by atoms with E-state index in [-0.39, 0.29) is 5.75 Å². The van der Waals surface area contributed by atoms with E-state index in [1.165, 1.54) is 6.07 Å². The third-order valence-electron chi connectivity index (χ3n) is 2.32. The molecule has 0 saturated heterocycles. The molecule has 0 atom stereocenters. The number of halogens is 2. The molecule has 0 amide bonds. The highest BCUT2D eigenvalue weighted by atomic mass is 79.9. The van der Waals surface area contributed by atoms with Gasteiger partial charge in [-0.3, -0.25) is 0 Å². The van der Waals surface area contributed by atoms with Crippen LogP contribution in [0.4, 0.5) is 4.39 Å². The zero-order chi connectivity index (χ0) is 13.0. The molecule has 1 aromatic heterocycles. The van der Waals surface area contributed by atoms with Crippen LogP contribution in [0.2, 0.25) is 0 Å². The van der Waals surface area contributed by atoms with Gasteiger partial charge in [0.1, 0.15) is 0 Å². The summed E-state index contributed by atoms with van der Waals surface area (Å²) >= 11 is 3.20. The van der Waals surface area contributed by atoms with E-state index < -0.39 is 5.82 Å². The van der Waals surface area contributed by atoms with Crippen LogP contribution in [0, 0.1) is 5.82 Å². The maximum absolute atomic E-state index is 13.7. The summed E-state index contributed by atoms with van der Waals surface area (Å²) in [6.07, 6.45) is 1.62. The minimum atomic E-state index is -0.426. The Kier molecular flexibility index (Phi) is 4.28. The lowest BCUT2D eigenvalue weighted by molar-refractivity contribution is 0.421. The Balaban J connectivity index is 2.28. The molecule has 2 aromatic rings. The Morgan fingerprint density at radius 2 is 2.22 bits per heavy atom. The molecule has 1 heterocycles.